The number of nitro groups is 1. The van der Waals surface area contributed by atoms with E-state index in [2.05, 4.69) is 36.8 Å². The lowest BCUT2D eigenvalue weighted by atomic mass is 10.2. The molecule has 10 heteroatoms. The number of tetrazole rings is 1. The van der Waals surface area contributed by atoms with Crippen LogP contribution in [0, 0.1) is 10.1 Å². The van der Waals surface area contributed by atoms with Crippen LogP contribution in [0.4, 0.5) is 5.69 Å². The number of rotatable bonds is 7. The zero-order valence-electron chi connectivity index (χ0n) is 11.2. The number of nitro benzene ring substituents is 1. The summed E-state index contributed by atoms with van der Waals surface area (Å²) in [5.74, 6) is 0.434. The van der Waals surface area contributed by atoms with E-state index in [9.17, 15) is 10.1 Å². The highest BCUT2D eigenvalue weighted by Crippen LogP contribution is 2.29. The third kappa shape index (κ3) is 4.22. The van der Waals surface area contributed by atoms with Crippen LogP contribution in [-0.4, -0.2) is 38.7 Å². The molecule has 0 atom stereocenters. The Morgan fingerprint density at radius 2 is 2.33 bits per heavy atom. The number of benzene rings is 1. The minimum Gasteiger partial charge on any atom is -0.318 e. The monoisotopic (exact) mass is 372 g/mol. The summed E-state index contributed by atoms with van der Waals surface area (Å²) in [5.41, 5.74) is 0.725. The SMILES string of the molecule is CNCCn1nnnc1SCc1ccc(Br)cc1[N+](=O)[O-]. The van der Waals surface area contributed by atoms with E-state index in [1.54, 1.807) is 16.8 Å². The Balaban J connectivity index is 2.10. The molecular formula is C11H13BrN6O2S. The van der Waals surface area contributed by atoms with Crippen LogP contribution in [0.1, 0.15) is 5.56 Å². The molecule has 8 nitrogen and oxygen atoms in total. The molecule has 0 aliphatic rings. The number of nitrogens with one attached hydrogen (secondary N) is 1. The predicted octanol–water partition coefficient (Wildman–Crippen LogP) is 1.86. The van der Waals surface area contributed by atoms with E-state index in [0.717, 1.165) is 6.54 Å². The minimum absolute atomic E-state index is 0.0890. The van der Waals surface area contributed by atoms with Gasteiger partial charge < -0.3 is 5.32 Å². The lowest BCUT2D eigenvalue weighted by Crippen LogP contribution is -2.16. The summed E-state index contributed by atoms with van der Waals surface area (Å²) < 4.78 is 2.35. The minimum atomic E-state index is -0.384. The molecule has 1 heterocycles. The van der Waals surface area contributed by atoms with E-state index in [0.29, 0.717) is 27.5 Å². The van der Waals surface area contributed by atoms with Crippen LogP contribution < -0.4 is 5.32 Å². The maximum atomic E-state index is 11.1. The Morgan fingerprint density at radius 3 is 3.05 bits per heavy atom. The molecule has 0 fully saturated rings. The molecule has 21 heavy (non-hydrogen) atoms. The molecule has 2 aromatic rings. The standard InChI is InChI=1S/C11H13BrN6O2S/c1-13-4-5-17-11(14-15-16-17)21-7-8-2-3-9(12)6-10(8)18(19)20/h2-3,6,13H,4-5,7H2,1H3. The number of hydrogen-bond donors (Lipinski definition) is 1. The first-order valence-electron chi connectivity index (χ1n) is 6.08. The van der Waals surface area contributed by atoms with Crippen molar-refractivity contribution in [3.05, 3.63) is 38.3 Å². The van der Waals surface area contributed by atoms with Gasteiger partial charge in [0.05, 0.1) is 11.5 Å². The number of thioether (sulfide) groups is 1. The summed E-state index contributed by atoms with van der Waals surface area (Å²) in [7, 11) is 1.85. The fourth-order valence-corrected chi connectivity index (χ4v) is 2.88. The first-order chi connectivity index (χ1) is 10.1. The topological polar surface area (TPSA) is 98.8 Å². The van der Waals surface area contributed by atoms with Crippen molar-refractivity contribution >= 4 is 33.4 Å². The molecule has 1 N–H and O–H groups in total. The van der Waals surface area contributed by atoms with Crippen LogP contribution in [0.5, 0.6) is 0 Å². The highest BCUT2D eigenvalue weighted by Gasteiger charge is 2.16. The zero-order valence-corrected chi connectivity index (χ0v) is 13.6. The van der Waals surface area contributed by atoms with Gasteiger partial charge in [0.15, 0.2) is 0 Å². The average molecular weight is 373 g/mol. The molecule has 0 saturated carbocycles. The Bertz CT molecular complexity index is 635. The summed E-state index contributed by atoms with van der Waals surface area (Å²) in [6.45, 7) is 1.39. The van der Waals surface area contributed by atoms with Crippen LogP contribution in [0.15, 0.2) is 27.8 Å². The Labute approximate surface area is 133 Å². The Kier molecular flexibility index (Phi) is 5.65. The van der Waals surface area contributed by atoms with Crippen molar-refractivity contribution in [1.29, 1.82) is 0 Å². The predicted molar refractivity (Wildman–Crippen MR) is 82.1 cm³/mol. The number of hydrogen-bond acceptors (Lipinski definition) is 7. The van der Waals surface area contributed by atoms with Crippen molar-refractivity contribution in [2.75, 3.05) is 13.6 Å². The van der Waals surface area contributed by atoms with E-state index >= 15 is 0 Å². The molecule has 0 amide bonds. The van der Waals surface area contributed by atoms with Gasteiger partial charge in [0.2, 0.25) is 5.16 Å². The van der Waals surface area contributed by atoms with Crippen molar-refractivity contribution < 1.29 is 4.92 Å². The third-order valence-corrected chi connectivity index (χ3v) is 4.17. The molecule has 112 valence electrons. The quantitative estimate of drug-likeness (QED) is 0.449. The van der Waals surface area contributed by atoms with Crippen LogP contribution in [-0.2, 0) is 12.3 Å². The van der Waals surface area contributed by atoms with E-state index in [-0.39, 0.29) is 10.6 Å². The smallest absolute Gasteiger partial charge is 0.274 e. The second kappa shape index (κ2) is 7.48. The normalized spacial score (nSPS) is 10.8. The number of likely N-dealkylation sites (N-methyl/N-ethyl adjacent to an activating group) is 1. The molecule has 0 bridgehead atoms. The number of aromatic nitrogens is 4. The van der Waals surface area contributed by atoms with E-state index in [1.165, 1.54) is 17.8 Å². The van der Waals surface area contributed by atoms with Gasteiger partial charge in [-0.05, 0) is 23.5 Å². The van der Waals surface area contributed by atoms with Crippen molar-refractivity contribution in [2.24, 2.45) is 0 Å². The first-order valence-corrected chi connectivity index (χ1v) is 7.86. The van der Waals surface area contributed by atoms with Gasteiger partial charge in [-0.1, -0.05) is 33.8 Å². The second-order valence-electron chi connectivity index (χ2n) is 4.11. The average Bonchev–Trinajstić information content (AvgIpc) is 2.91. The number of halogens is 1. The Hall–Kier alpha value is -1.52. The summed E-state index contributed by atoms with van der Waals surface area (Å²) in [6, 6.07) is 5.02. The first kappa shape index (κ1) is 15.9. The van der Waals surface area contributed by atoms with E-state index in [1.807, 2.05) is 7.05 Å². The van der Waals surface area contributed by atoms with Gasteiger partial charge in [0, 0.05) is 28.4 Å². The van der Waals surface area contributed by atoms with E-state index in [4.69, 9.17) is 0 Å². The molecule has 2 rings (SSSR count). The van der Waals surface area contributed by atoms with Crippen molar-refractivity contribution in [3.63, 3.8) is 0 Å². The van der Waals surface area contributed by atoms with Gasteiger partial charge in [0.25, 0.3) is 5.69 Å². The largest absolute Gasteiger partial charge is 0.318 e. The molecule has 0 aliphatic carbocycles. The van der Waals surface area contributed by atoms with Gasteiger partial charge >= 0.3 is 0 Å². The van der Waals surface area contributed by atoms with Crippen LogP contribution in [0.2, 0.25) is 0 Å². The lowest BCUT2D eigenvalue weighted by Gasteiger charge is -2.05. The maximum absolute atomic E-state index is 11.1. The van der Waals surface area contributed by atoms with Crippen LogP contribution in [0.3, 0.4) is 0 Å². The molecule has 0 aliphatic heterocycles. The third-order valence-electron chi connectivity index (χ3n) is 2.67. The summed E-state index contributed by atoms with van der Waals surface area (Å²) in [6.07, 6.45) is 0. The van der Waals surface area contributed by atoms with Gasteiger partial charge in [-0.25, -0.2) is 4.68 Å². The zero-order chi connectivity index (χ0) is 15.2. The summed E-state index contributed by atoms with van der Waals surface area (Å²) in [5, 5.41) is 26.2. The summed E-state index contributed by atoms with van der Waals surface area (Å²) >= 11 is 4.61. The molecule has 0 radical (unpaired) electrons. The highest BCUT2D eigenvalue weighted by molar-refractivity contribution is 9.10. The highest BCUT2D eigenvalue weighted by atomic mass is 79.9. The fourth-order valence-electron chi connectivity index (χ4n) is 1.63. The van der Waals surface area contributed by atoms with Gasteiger partial charge in [0.1, 0.15) is 0 Å². The van der Waals surface area contributed by atoms with Crippen LogP contribution in [0.25, 0.3) is 0 Å². The Morgan fingerprint density at radius 1 is 1.52 bits per heavy atom. The number of nitrogens with zero attached hydrogens (tertiary/aromatic N) is 5. The molecule has 1 aromatic carbocycles. The van der Waals surface area contributed by atoms with Crippen molar-refractivity contribution in [2.45, 2.75) is 17.5 Å². The second-order valence-corrected chi connectivity index (χ2v) is 5.97. The lowest BCUT2D eigenvalue weighted by molar-refractivity contribution is -0.385. The van der Waals surface area contributed by atoms with Gasteiger partial charge in [-0.3, -0.25) is 10.1 Å². The fraction of sp³-hybridized carbons (Fsp3) is 0.364. The van der Waals surface area contributed by atoms with E-state index < -0.39 is 0 Å². The van der Waals surface area contributed by atoms with Crippen molar-refractivity contribution in [3.8, 4) is 0 Å². The molecular weight excluding hydrogens is 360 g/mol. The molecule has 0 unspecified atom stereocenters. The summed E-state index contributed by atoms with van der Waals surface area (Å²) in [4.78, 5) is 10.7. The van der Waals surface area contributed by atoms with Gasteiger partial charge in [-0.15, -0.1) is 5.10 Å². The maximum Gasteiger partial charge on any atom is 0.274 e. The van der Waals surface area contributed by atoms with Crippen molar-refractivity contribution in [1.82, 2.24) is 25.5 Å². The van der Waals surface area contributed by atoms with Crippen LogP contribution >= 0.6 is 27.7 Å². The molecule has 1 aromatic heterocycles. The molecule has 0 saturated heterocycles. The van der Waals surface area contributed by atoms with Gasteiger partial charge in [-0.2, -0.15) is 0 Å². The molecule has 0 spiro atoms.